The van der Waals surface area contributed by atoms with Crippen LogP contribution in [0.25, 0.3) is 0 Å². The SMILES string of the molecule is C#CCNC(=O)c1occc1C(=O)O. The van der Waals surface area contributed by atoms with E-state index < -0.39 is 11.9 Å². The predicted molar refractivity (Wildman–Crippen MR) is 46.8 cm³/mol. The number of nitrogens with one attached hydrogen (secondary N) is 1. The minimum atomic E-state index is -1.22. The molecule has 5 nitrogen and oxygen atoms in total. The minimum absolute atomic E-state index is 0.0264. The van der Waals surface area contributed by atoms with Gasteiger partial charge in [-0.05, 0) is 6.07 Å². The van der Waals surface area contributed by atoms with E-state index in [0.29, 0.717) is 0 Å². The van der Waals surface area contributed by atoms with Gasteiger partial charge in [0.1, 0.15) is 5.56 Å². The Morgan fingerprint density at radius 3 is 2.93 bits per heavy atom. The molecule has 14 heavy (non-hydrogen) atoms. The summed E-state index contributed by atoms with van der Waals surface area (Å²) in [6.07, 6.45) is 6.05. The molecule has 0 bridgehead atoms. The van der Waals surface area contributed by atoms with Crippen molar-refractivity contribution in [3.63, 3.8) is 0 Å². The lowest BCUT2D eigenvalue weighted by molar-refractivity contribution is 0.0688. The molecule has 5 heteroatoms. The summed E-state index contributed by atoms with van der Waals surface area (Å²) in [5, 5.41) is 10.9. The van der Waals surface area contributed by atoms with Gasteiger partial charge in [-0.15, -0.1) is 6.42 Å². The van der Waals surface area contributed by atoms with E-state index >= 15 is 0 Å². The van der Waals surface area contributed by atoms with Gasteiger partial charge in [-0.2, -0.15) is 0 Å². The third-order valence-electron chi connectivity index (χ3n) is 1.45. The maximum absolute atomic E-state index is 11.2. The molecule has 0 saturated heterocycles. The van der Waals surface area contributed by atoms with Crippen molar-refractivity contribution in [1.82, 2.24) is 5.32 Å². The predicted octanol–water partition coefficient (Wildman–Crippen LogP) is 0.341. The zero-order chi connectivity index (χ0) is 10.6. The van der Waals surface area contributed by atoms with Crippen LogP contribution in [0.5, 0.6) is 0 Å². The summed E-state index contributed by atoms with van der Waals surface area (Å²) in [7, 11) is 0. The second kappa shape index (κ2) is 4.14. The number of hydrogen-bond acceptors (Lipinski definition) is 3. The second-order valence-corrected chi connectivity index (χ2v) is 2.36. The molecule has 0 aliphatic rings. The Balaban J connectivity index is 2.85. The first kappa shape index (κ1) is 9.86. The molecule has 0 fully saturated rings. The molecule has 1 aromatic heterocycles. The summed E-state index contributed by atoms with van der Waals surface area (Å²) >= 11 is 0. The molecule has 0 atom stereocenters. The fraction of sp³-hybridized carbons (Fsp3) is 0.111. The van der Waals surface area contributed by atoms with E-state index in [1.807, 2.05) is 0 Å². The lowest BCUT2D eigenvalue weighted by atomic mass is 10.2. The van der Waals surface area contributed by atoms with E-state index in [9.17, 15) is 9.59 Å². The quantitative estimate of drug-likeness (QED) is 0.678. The van der Waals surface area contributed by atoms with Crippen LogP contribution in [0, 0.1) is 12.3 Å². The summed E-state index contributed by atoms with van der Waals surface area (Å²) in [4.78, 5) is 21.8. The summed E-state index contributed by atoms with van der Waals surface area (Å²) in [5.74, 6) is 0.0935. The maximum atomic E-state index is 11.2. The van der Waals surface area contributed by atoms with Gasteiger partial charge in [-0.25, -0.2) is 4.79 Å². The van der Waals surface area contributed by atoms with Crippen molar-refractivity contribution in [2.24, 2.45) is 0 Å². The molecule has 0 aliphatic heterocycles. The first-order valence-corrected chi connectivity index (χ1v) is 3.69. The van der Waals surface area contributed by atoms with Crippen LogP contribution in [0.4, 0.5) is 0 Å². The zero-order valence-corrected chi connectivity index (χ0v) is 7.11. The number of terminal acetylenes is 1. The molecular formula is C9H7NO4. The molecule has 1 heterocycles. The fourth-order valence-corrected chi connectivity index (χ4v) is 0.865. The molecular weight excluding hydrogens is 186 g/mol. The normalized spacial score (nSPS) is 9.07. The van der Waals surface area contributed by atoms with Crippen LogP contribution in [0.15, 0.2) is 16.7 Å². The highest BCUT2D eigenvalue weighted by Gasteiger charge is 2.19. The maximum Gasteiger partial charge on any atom is 0.339 e. The van der Waals surface area contributed by atoms with Crippen LogP contribution >= 0.6 is 0 Å². The lowest BCUT2D eigenvalue weighted by Crippen LogP contribution is -2.24. The molecule has 2 N–H and O–H groups in total. The van der Waals surface area contributed by atoms with Gasteiger partial charge >= 0.3 is 5.97 Å². The average Bonchev–Trinajstić information content (AvgIpc) is 2.62. The molecule has 0 unspecified atom stereocenters. The van der Waals surface area contributed by atoms with E-state index in [4.69, 9.17) is 15.9 Å². The van der Waals surface area contributed by atoms with Crippen molar-refractivity contribution in [2.75, 3.05) is 6.54 Å². The van der Waals surface area contributed by atoms with Gasteiger partial charge in [0, 0.05) is 0 Å². The van der Waals surface area contributed by atoms with E-state index in [1.54, 1.807) is 0 Å². The summed E-state index contributed by atoms with van der Waals surface area (Å²) in [6, 6.07) is 1.20. The number of carboxylic acid groups (broad SMARTS) is 1. The highest BCUT2D eigenvalue weighted by molar-refractivity contribution is 6.02. The first-order chi connectivity index (χ1) is 6.66. The van der Waals surface area contributed by atoms with Gasteiger partial charge < -0.3 is 14.8 Å². The molecule has 0 saturated carbocycles. The Morgan fingerprint density at radius 2 is 2.36 bits per heavy atom. The third-order valence-corrected chi connectivity index (χ3v) is 1.45. The van der Waals surface area contributed by atoms with Crippen LogP contribution in [0.3, 0.4) is 0 Å². The molecule has 1 rings (SSSR count). The topological polar surface area (TPSA) is 79.5 Å². The van der Waals surface area contributed by atoms with Gasteiger partial charge in [-0.3, -0.25) is 4.79 Å². The summed E-state index contributed by atoms with van der Waals surface area (Å²) in [6.45, 7) is 0.0264. The largest absolute Gasteiger partial charge is 0.478 e. The van der Waals surface area contributed by atoms with Gasteiger partial charge in [0.2, 0.25) is 5.76 Å². The summed E-state index contributed by atoms with van der Waals surface area (Å²) in [5.41, 5.74) is -0.181. The molecule has 1 aromatic rings. The summed E-state index contributed by atoms with van der Waals surface area (Å²) < 4.78 is 4.72. The smallest absolute Gasteiger partial charge is 0.339 e. The monoisotopic (exact) mass is 193 g/mol. The van der Waals surface area contributed by atoms with E-state index in [-0.39, 0.29) is 17.9 Å². The number of rotatable bonds is 3. The zero-order valence-electron chi connectivity index (χ0n) is 7.11. The van der Waals surface area contributed by atoms with Crippen LogP contribution in [0.2, 0.25) is 0 Å². The molecule has 0 spiro atoms. The number of carbonyl (C=O) groups excluding carboxylic acids is 1. The molecule has 0 aliphatic carbocycles. The first-order valence-electron chi connectivity index (χ1n) is 3.69. The molecule has 1 amide bonds. The van der Waals surface area contributed by atoms with E-state index in [1.165, 1.54) is 6.07 Å². The third kappa shape index (κ3) is 1.93. The molecule has 0 radical (unpaired) electrons. The van der Waals surface area contributed by atoms with Gasteiger partial charge in [0.25, 0.3) is 5.91 Å². The van der Waals surface area contributed by atoms with Crippen LogP contribution in [0.1, 0.15) is 20.9 Å². The van der Waals surface area contributed by atoms with Crippen LogP contribution in [-0.4, -0.2) is 23.5 Å². The number of amides is 1. The van der Waals surface area contributed by atoms with Gasteiger partial charge in [0.05, 0.1) is 12.8 Å². The van der Waals surface area contributed by atoms with Crippen molar-refractivity contribution in [2.45, 2.75) is 0 Å². The van der Waals surface area contributed by atoms with Gasteiger partial charge in [-0.1, -0.05) is 5.92 Å². The minimum Gasteiger partial charge on any atom is -0.478 e. The standard InChI is InChI=1S/C9H7NO4/c1-2-4-10-8(11)7-6(9(12)13)3-5-14-7/h1,3,5H,4H2,(H,10,11)(H,12,13). The Morgan fingerprint density at radius 1 is 1.64 bits per heavy atom. The number of carbonyl (C=O) groups is 2. The van der Waals surface area contributed by atoms with Gasteiger partial charge in [0.15, 0.2) is 0 Å². The lowest BCUT2D eigenvalue weighted by Gasteiger charge is -1.98. The van der Waals surface area contributed by atoms with Crippen molar-refractivity contribution < 1.29 is 19.1 Å². The Labute approximate surface area is 79.7 Å². The van der Waals surface area contributed by atoms with Crippen molar-refractivity contribution in [3.05, 3.63) is 23.7 Å². The number of hydrogen-bond donors (Lipinski definition) is 2. The number of furan rings is 1. The number of aromatic carboxylic acids is 1. The Bertz CT molecular complexity index is 399. The molecule has 0 aromatic carbocycles. The molecule has 72 valence electrons. The second-order valence-electron chi connectivity index (χ2n) is 2.36. The highest BCUT2D eigenvalue weighted by atomic mass is 16.4. The fourth-order valence-electron chi connectivity index (χ4n) is 0.865. The average molecular weight is 193 g/mol. The van der Waals surface area contributed by atoms with Crippen molar-refractivity contribution in [1.29, 1.82) is 0 Å². The number of carboxylic acids is 1. The Hall–Kier alpha value is -2.22. The van der Waals surface area contributed by atoms with E-state index in [2.05, 4.69) is 11.2 Å². The van der Waals surface area contributed by atoms with E-state index in [0.717, 1.165) is 6.26 Å². The van der Waals surface area contributed by atoms with Crippen LogP contribution < -0.4 is 5.32 Å². The highest BCUT2D eigenvalue weighted by Crippen LogP contribution is 2.09. The van der Waals surface area contributed by atoms with Crippen molar-refractivity contribution >= 4 is 11.9 Å². The van der Waals surface area contributed by atoms with Crippen molar-refractivity contribution in [3.8, 4) is 12.3 Å². The van der Waals surface area contributed by atoms with Crippen LogP contribution in [-0.2, 0) is 0 Å². The Kier molecular flexibility index (Phi) is 2.92.